The molecule has 1 rings (SSSR count). The molecule has 0 aliphatic carbocycles. The van der Waals surface area contributed by atoms with E-state index < -0.39 is 44.0 Å². The van der Waals surface area contributed by atoms with E-state index >= 15 is 0 Å². The van der Waals surface area contributed by atoms with Crippen molar-refractivity contribution in [1.29, 1.82) is 0 Å². The summed E-state index contributed by atoms with van der Waals surface area (Å²) < 4.78 is 66.5. The summed E-state index contributed by atoms with van der Waals surface area (Å²) in [6.45, 7) is 5.36. The molecule has 8 nitrogen and oxygen atoms in total. The molecule has 0 saturated heterocycles. The van der Waals surface area contributed by atoms with Crippen molar-refractivity contribution < 1.29 is 35.9 Å². The SMILES string of the molecule is CCOC(=O)NC(CNC(=O)c1cccnc1S(=O)(=O)C(F)(F)F)CC(C)C. The number of carbonyl (C=O) groups excluding carboxylic acids is 2. The van der Waals surface area contributed by atoms with Gasteiger partial charge in [0.2, 0.25) is 0 Å². The van der Waals surface area contributed by atoms with Gasteiger partial charge in [-0.25, -0.2) is 18.2 Å². The Hall–Kier alpha value is -2.37. The number of amides is 2. The van der Waals surface area contributed by atoms with E-state index in [1.165, 1.54) is 0 Å². The number of hydrogen-bond donors (Lipinski definition) is 2. The van der Waals surface area contributed by atoms with Crippen LogP contribution in [-0.2, 0) is 14.6 Å². The van der Waals surface area contributed by atoms with E-state index in [0.29, 0.717) is 6.42 Å². The van der Waals surface area contributed by atoms with Crippen LogP contribution in [0, 0.1) is 5.92 Å². The number of nitrogens with one attached hydrogen (secondary N) is 2. The van der Waals surface area contributed by atoms with E-state index in [1.54, 1.807) is 6.92 Å². The van der Waals surface area contributed by atoms with Gasteiger partial charge in [0.25, 0.3) is 15.7 Å². The smallest absolute Gasteiger partial charge is 0.450 e. The Labute approximate surface area is 160 Å². The van der Waals surface area contributed by atoms with Crippen molar-refractivity contribution in [2.75, 3.05) is 13.2 Å². The Morgan fingerprint density at radius 3 is 2.46 bits per heavy atom. The molecule has 0 saturated carbocycles. The molecule has 0 radical (unpaired) electrons. The summed E-state index contributed by atoms with van der Waals surface area (Å²) in [5.41, 5.74) is -6.33. The molecule has 0 fully saturated rings. The van der Waals surface area contributed by atoms with Crippen molar-refractivity contribution >= 4 is 21.8 Å². The zero-order chi connectivity index (χ0) is 21.5. The molecule has 0 aliphatic rings. The number of nitrogens with zero attached hydrogens (tertiary/aromatic N) is 1. The van der Waals surface area contributed by atoms with E-state index in [2.05, 4.69) is 15.6 Å². The first-order chi connectivity index (χ1) is 12.9. The van der Waals surface area contributed by atoms with Crippen LogP contribution in [0.3, 0.4) is 0 Å². The van der Waals surface area contributed by atoms with Crippen LogP contribution in [0.4, 0.5) is 18.0 Å². The van der Waals surface area contributed by atoms with Crippen LogP contribution in [0.1, 0.15) is 37.6 Å². The minimum atomic E-state index is -5.80. The summed E-state index contributed by atoms with van der Waals surface area (Å²) in [4.78, 5) is 27.1. The van der Waals surface area contributed by atoms with Gasteiger partial charge in [-0.3, -0.25) is 4.79 Å². The minimum absolute atomic E-state index is 0.128. The van der Waals surface area contributed by atoms with Crippen molar-refractivity contribution in [3.63, 3.8) is 0 Å². The summed E-state index contributed by atoms with van der Waals surface area (Å²) in [5.74, 6) is -0.932. The zero-order valence-electron chi connectivity index (χ0n) is 15.5. The fourth-order valence-corrected chi connectivity index (χ4v) is 3.17. The average Bonchev–Trinajstić information content (AvgIpc) is 2.58. The van der Waals surface area contributed by atoms with Crippen molar-refractivity contribution in [2.45, 2.75) is 43.8 Å². The first-order valence-corrected chi connectivity index (χ1v) is 9.86. The predicted octanol–water partition coefficient (Wildman–Crippen LogP) is 2.27. The van der Waals surface area contributed by atoms with Gasteiger partial charge in [-0.2, -0.15) is 13.2 Å². The Morgan fingerprint density at radius 2 is 1.93 bits per heavy atom. The lowest BCUT2D eigenvalue weighted by Gasteiger charge is -2.21. The fourth-order valence-electron chi connectivity index (χ4n) is 2.30. The molecule has 0 spiro atoms. The molecule has 1 unspecified atom stereocenters. The van der Waals surface area contributed by atoms with Crippen LogP contribution in [0.25, 0.3) is 0 Å². The monoisotopic (exact) mass is 425 g/mol. The third kappa shape index (κ3) is 6.36. The number of aromatic nitrogens is 1. The zero-order valence-corrected chi connectivity index (χ0v) is 16.4. The molecule has 0 aliphatic heterocycles. The molecular weight excluding hydrogens is 403 g/mol. The topological polar surface area (TPSA) is 114 Å². The molecular formula is C16H22F3N3O5S. The van der Waals surface area contributed by atoms with Crippen molar-refractivity contribution in [3.05, 3.63) is 23.9 Å². The number of carbonyl (C=O) groups is 2. The van der Waals surface area contributed by atoms with Gasteiger partial charge in [0, 0.05) is 18.8 Å². The molecule has 1 aromatic heterocycles. The number of rotatable bonds is 8. The summed E-state index contributed by atoms with van der Waals surface area (Å²) in [5, 5.41) is 3.49. The third-order valence-electron chi connectivity index (χ3n) is 3.44. The molecule has 1 aromatic rings. The molecule has 158 valence electrons. The molecule has 2 N–H and O–H groups in total. The first-order valence-electron chi connectivity index (χ1n) is 8.38. The van der Waals surface area contributed by atoms with Crippen LogP contribution in [0.15, 0.2) is 23.4 Å². The highest BCUT2D eigenvalue weighted by Gasteiger charge is 2.49. The Balaban J connectivity index is 2.99. The number of ether oxygens (including phenoxy) is 1. The second kappa shape index (κ2) is 9.71. The lowest BCUT2D eigenvalue weighted by molar-refractivity contribution is -0.0438. The van der Waals surface area contributed by atoms with Crippen LogP contribution in [0.5, 0.6) is 0 Å². The van der Waals surface area contributed by atoms with Gasteiger partial charge in [0.05, 0.1) is 12.2 Å². The number of sulfone groups is 1. The van der Waals surface area contributed by atoms with E-state index in [1.807, 2.05) is 13.8 Å². The van der Waals surface area contributed by atoms with Crippen LogP contribution < -0.4 is 10.6 Å². The summed E-state index contributed by atoms with van der Waals surface area (Å²) in [6, 6.07) is 1.51. The minimum Gasteiger partial charge on any atom is -0.450 e. The summed E-state index contributed by atoms with van der Waals surface area (Å²) in [6.07, 6.45) is 0.586. The Bertz CT molecular complexity index is 797. The molecule has 1 atom stereocenters. The highest BCUT2D eigenvalue weighted by molar-refractivity contribution is 7.92. The maximum Gasteiger partial charge on any atom is 0.503 e. The number of hydrogen-bond acceptors (Lipinski definition) is 6. The number of pyridine rings is 1. The Morgan fingerprint density at radius 1 is 1.29 bits per heavy atom. The van der Waals surface area contributed by atoms with Gasteiger partial charge in [0.1, 0.15) is 0 Å². The molecule has 0 aromatic carbocycles. The standard InChI is InChI=1S/C16H22F3N3O5S/c1-4-27-15(24)22-11(8-10(2)3)9-21-13(23)12-6-5-7-20-14(12)28(25,26)16(17,18)19/h5-7,10-11H,4,8-9H2,1-3H3,(H,21,23)(H,22,24). The van der Waals surface area contributed by atoms with Crippen LogP contribution in [0.2, 0.25) is 0 Å². The van der Waals surface area contributed by atoms with E-state index in [-0.39, 0.29) is 19.1 Å². The second-order valence-electron chi connectivity index (χ2n) is 6.21. The normalized spacial score (nSPS) is 13.1. The van der Waals surface area contributed by atoms with E-state index in [9.17, 15) is 31.2 Å². The highest BCUT2D eigenvalue weighted by atomic mass is 32.2. The third-order valence-corrected chi connectivity index (χ3v) is 4.88. The first kappa shape index (κ1) is 23.7. The van der Waals surface area contributed by atoms with Crippen LogP contribution >= 0.6 is 0 Å². The predicted molar refractivity (Wildman–Crippen MR) is 93.2 cm³/mol. The van der Waals surface area contributed by atoms with Gasteiger partial charge < -0.3 is 15.4 Å². The van der Waals surface area contributed by atoms with Crippen molar-refractivity contribution in [3.8, 4) is 0 Å². The number of alkyl halides is 3. The maximum atomic E-state index is 12.8. The number of halogens is 3. The molecule has 1 heterocycles. The fraction of sp³-hybridized carbons (Fsp3) is 0.562. The largest absolute Gasteiger partial charge is 0.503 e. The molecule has 12 heteroatoms. The Kier molecular flexibility index (Phi) is 8.21. The number of alkyl carbamates (subject to hydrolysis) is 1. The maximum absolute atomic E-state index is 12.8. The van der Waals surface area contributed by atoms with Crippen LogP contribution in [-0.4, -0.2) is 50.1 Å². The lowest BCUT2D eigenvalue weighted by Crippen LogP contribution is -2.45. The van der Waals surface area contributed by atoms with Crippen molar-refractivity contribution in [1.82, 2.24) is 15.6 Å². The summed E-state index contributed by atoms with van der Waals surface area (Å²) >= 11 is 0. The molecule has 0 bridgehead atoms. The second-order valence-corrected chi connectivity index (χ2v) is 8.06. The molecule has 2 amide bonds. The lowest BCUT2D eigenvalue weighted by atomic mass is 10.0. The van der Waals surface area contributed by atoms with Crippen molar-refractivity contribution in [2.24, 2.45) is 5.92 Å². The molecule has 28 heavy (non-hydrogen) atoms. The van der Waals surface area contributed by atoms with Gasteiger partial charge in [0.15, 0.2) is 5.03 Å². The van der Waals surface area contributed by atoms with E-state index in [4.69, 9.17) is 4.74 Å². The highest BCUT2D eigenvalue weighted by Crippen LogP contribution is 2.30. The van der Waals surface area contributed by atoms with Gasteiger partial charge in [-0.05, 0) is 31.4 Å². The van der Waals surface area contributed by atoms with Gasteiger partial charge in [-0.15, -0.1) is 0 Å². The quantitative estimate of drug-likeness (QED) is 0.660. The van der Waals surface area contributed by atoms with Gasteiger partial charge in [-0.1, -0.05) is 13.8 Å². The van der Waals surface area contributed by atoms with Gasteiger partial charge >= 0.3 is 11.6 Å². The average molecular weight is 425 g/mol. The summed E-state index contributed by atoms with van der Waals surface area (Å²) in [7, 11) is -5.80. The van der Waals surface area contributed by atoms with E-state index in [0.717, 1.165) is 18.3 Å².